The minimum absolute atomic E-state index is 0.139. The molecule has 0 fully saturated rings. The van der Waals surface area contributed by atoms with Gasteiger partial charge in [0.1, 0.15) is 17.6 Å². The molecule has 23 heavy (non-hydrogen) atoms. The Morgan fingerprint density at radius 1 is 1.22 bits per heavy atom. The highest BCUT2D eigenvalue weighted by atomic mass is 16.2. The average Bonchev–Trinajstić information content (AvgIpc) is 2.99. The summed E-state index contributed by atoms with van der Waals surface area (Å²) >= 11 is 0. The molecule has 1 unspecified atom stereocenters. The Labute approximate surface area is 132 Å². The van der Waals surface area contributed by atoms with E-state index in [-0.39, 0.29) is 11.3 Å². The third-order valence-corrected chi connectivity index (χ3v) is 3.44. The van der Waals surface area contributed by atoms with E-state index < -0.39 is 11.9 Å². The maximum atomic E-state index is 12.4. The van der Waals surface area contributed by atoms with Gasteiger partial charge in [-0.15, -0.1) is 0 Å². The van der Waals surface area contributed by atoms with Crippen LogP contribution in [0.1, 0.15) is 27.9 Å². The monoisotopic (exact) mass is 309 g/mol. The molecule has 0 aliphatic carbocycles. The summed E-state index contributed by atoms with van der Waals surface area (Å²) in [6.45, 7) is 0. The van der Waals surface area contributed by atoms with Gasteiger partial charge >= 0.3 is 0 Å². The van der Waals surface area contributed by atoms with Crippen LogP contribution in [0.2, 0.25) is 0 Å². The maximum absolute atomic E-state index is 12.4. The molecule has 0 saturated carbocycles. The summed E-state index contributed by atoms with van der Waals surface area (Å²) < 4.78 is 1.85. The first-order chi connectivity index (χ1) is 11.1. The fraction of sp³-hybridized carbons (Fsp3) is 0.125. The van der Waals surface area contributed by atoms with E-state index in [1.807, 2.05) is 48.1 Å². The van der Waals surface area contributed by atoms with E-state index in [1.165, 1.54) is 12.1 Å². The summed E-state index contributed by atoms with van der Waals surface area (Å²) in [7, 11) is 1.86. The number of carbonyl (C=O) groups is 1. The Morgan fingerprint density at radius 3 is 2.61 bits per heavy atom. The smallest absolute Gasteiger partial charge is 0.272 e. The number of aromatic nitrogens is 4. The number of aromatic amines is 1. The first kappa shape index (κ1) is 14.7. The number of carbonyl (C=O) groups excluding carboxylic acids is 1. The first-order valence-electron chi connectivity index (χ1n) is 7.04. The maximum Gasteiger partial charge on any atom is 0.272 e. The molecule has 1 amide bonds. The number of imidazole rings is 1. The molecule has 0 bridgehead atoms. The highest BCUT2D eigenvalue weighted by molar-refractivity contribution is 5.92. The van der Waals surface area contributed by atoms with E-state index in [0.717, 1.165) is 5.56 Å². The van der Waals surface area contributed by atoms with Crippen molar-refractivity contribution in [2.45, 2.75) is 6.04 Å². The predicted molar refractivity (Wildman–Crippen MR) is 83.8 cm³/mol. The van der Waals surface area contributed by atoms with Crippen LogP contribution < -0.4 is 10.9 Å². The molecule has 0 saturated heterocycles. The minimum Gasteiger partial charge on any atom is -0.337 e. The van der Waals surface area contributed by atoms with Gasteiger partial charge in [-0.1, -0.05) is 30.3 Å². The molecular formula is C16H15N5O2. The molecule has 0 radical (unpaired) electrons. The number of nitrogens with zero attached hydrogens (tertiary/aromatic N) is 3. The van der Waals surface area contributed by atoms with Crippen molar-refractivity contribution in [3.05, 3.63) is 82.3 Å². The molecule has 3 aromatic rings. The van der Waals surface area contributed by atoms with Crippen LogP contribution in [0.3, 0.4) is 0 Å². The third kappa shape index (κ3) is 3.18. The van der Waals surface area contributed by atoms with Crippen molar-refractivity contribution in [1.29, 1.82) is 0 Å². The van der Waals surface area contributed by atoms with Crippen molar-refractivity contribution in [2.24, 2.45) is 7.05 Å². The number of amides is 1. The summed E-state index contributed by atoms with van der Waals surface area (Å²) in [5.74, 6) is 0.312. The Kier molecular flexibility index (Phi) is 4.01. The van der Waals surface area contributed by atoms with Crippen LogP contribution in [0.5, 0.6) is 0 Å². The van der Waals surface area contributed by atoms with E-state index >= 15 is 0 Å². The quantitative estimate of drug-likeness (QED) is 0.752. The largest absolute Gasteiger partial charge is 0.337 e. The highest BCUT2D eigenvalue weighted by Crippen LogP contribution is 2.20. The molecule has 2 heterocycles. The van der Waals surface area contributed by atoms with Gasteiger partial charge in [0.25, 0.3) is 11.5 Å². The van der Waals surface area contributed by atoms with Crippen LogP contribution in [0.4, 0.5) is 0 Å². The van der Waals surface area contributed by atoms with Crippen molar-refractivity contribution in [2.75, 3.05) is 0 Å². The van der Waals surface area contributed by atoms with E-state index in [0.29, 0.717) is 5.82 Å². The lowest BCUT2D eigenvalue weighted by Crippen LogP contribution is -2.32. The number of hydrogen-bond donors (Lipinski definition) is 2. The van der Waals surface area contributed by atoms with Gasteiger partial charge in [0.15, 0.2) is 0 Å². The summed E-state index contributed by atoms with van der Waals surface area (Å²) in [6, 6.07) is 11.8. The number of rotatable bonds is 4. The number of aryl methyl sites for hydroxylation is 1. The second-order valence-corrected chi connectivity index (χ2v) is 5.02. The summed E-state index contributed by atoms with van der Waals surface area (Å²) in [6.07, 6.45) is 3.49. The Bertz CT molecular complexity index is 849. The van der Waals surface area contributed by atoms with Crippen molar-refractivity contribution in [3.63, 3.8) is 0 Å². The summed E-state index contributed by atoms with van der Waals surface area (Å²) in [4.78, 5) is 27.8. The van der Waals surface area contributed by atoms with E-state index in [1.54, 1.807) is 6.20 Å². The SMILES string of the molecule is Cn1ccnc1C(NC(=O)c1ccc(=O)[nH]n1)c1ccccc1. The molecular weight excluding hydrogens is 294 g/mol. The van der Waals surface area contributed by atoms with Crippen LogP contribution in [0, 0.1) is 0 Å². The third-order valence-electron chi connectivity index (χ3n) is 3.44. The molecule has 0 aliphatic heterocycles. The van der Waals surface area contributed by atoms with Crippen LogP contribution in [-0.2, 0) is 7.05 Å². The van der Waals surface area contributed by atoms with Gasteiger partial charge in [0.2, 0.25) is 0 Å². The molecule has 2 aromatic heterocycles. The van der Waals surface area contributed by atoms with Gasteiger partial charge in [-0.25, -0.2) is 10.1 Å². The fourth-order valence-electron chi connectivity index (χ4n) is 2.27. The summed E-state index contributed by atoms with van der Waals surface area (Å²) in [5.41, 5.74) is 0.685. The van der Waals surface area contributed by atoms with Gasteiger partial charge in [0, 0.05) is 25.5 Å². The van der Waals surface area contributed by atoms with Crippen molar-refractivity contribution < 1.29 is 4.79 Å². The van der Waals surface area contributed by atoms with Crippen molar-refractivity contribution in [3.8, 4) is 0 Å². The van der Waals surface area contributed by atoms with E-state index in [2.05, 4.69) is 20.5 Å². The molecule has 0 spiro atoms. The zero-order valence-corrected chi connectivity index (χ0v) is 12.4. The minimum atomic E-state index is -0.419. The van der Waals surface area contributed by atoms with Gasteiger partial charge < -0.3 is 9.88 Å². The second kappa shape index (κ2) is 6.27. The van der Waals surface area contributed by atoms with Gasteiger partial charge in [-0.3, -0.25) is 9.59 Å². The first-order valence-corrected chi connectivity index (χ1v) is 7.04. The van der Waals surface area contributed by atoms with E-state index in [9.17, 15) is 9.59 Å². The number of benzene rings is 1. The van der Waals surface area contributed by atoms with Crippen LogP contribution in [-0.4, -0.2) is 25.7 Å². The molecule has 3 rings (SSSR count). The van der Waals surface area contributed by atoms with Crippen LogP contribution in [0.25, 0.3) is 0 Å². The topological polar surface area (TPSA) is 92.7 Å². The second-order valence-electron chi connectivity index (χ2n) is 5.02. The lowest BCUT2D eigenvalue weighted by molar-refractivity contribution is 0.0935. The van der Waals surface area contributed by atoms with Crippen LogP contribution in [0.15, 0.2) is 59.7 Å². The van der Waals surface area contributed by atoms with Crippen molar-refractivity contribution >= 4 is 5.91 Å². The van der Waals surface area contributed by atoms with Gasteiger partial charge in [-0.05, 0) is 11.6 Å². The van der Waals surface area contributed by atoms with Crippen LogP contribution >= 0.6 is 0 Å². The fourth-order valence-corrected chi connectivity index (χ4v) is 2.27. The molecule has 1 atom stereocenters. The summed E-state index contributed by atoms with van der Waals surface area (Å²) in [5, 5.41) is 8.91. The number of H-pyrrole nitrogens is 1. The van der Waals surface area contributed by atoms with Gasteiger partial charge in [0.05, 0.1) is 0 Å². The number of nitrogens with one attached hydrogen (secondary N) is 2. The normalized spacial score (nSPS) is 11.9. The van der Waals surface area contributed by atoms with Gasteiger partial charge in [-0.2, -0.15) is 5.10 Å². The lowest BCUT2D eigenvalue weighted by atomic mass is 10.1. The molecule has 7 heteroatoms. The number of hydrogen-bond acceptors (Lipinski definition) is 4. The lowest BCUT2D eigenvalue weighted by Gasteiger charge is -2.18. The van der Waals surface area contributed by atoms with E-state index in [4.69, 9.17) is 0 Å². The zero-order valence-electron chi connectivity index (χ0n) is 12.4. The average molecular weight is 309 g/mol. The zero-order chi connectivity index (χ0) is 16.2. The Hall–Kier alpha value is -3.22. The Morgan fingerprint density at radius 2 is 2.00 bits per heavy atom. The van der Waals surface area contributed by atoms with Crippen molar-refractivity contribution in [1.82, 2.24) is 25.1 Å². The molecule has 2 N–H and O–H groups in total. The molecule has 1 aromatic carbocycles. The Balaban J connectivity index is 1.93. The molecule has 7 nitrogen and oxygen atoms in total. The predicted octanol–water partition coefficient (Wildman–Crippen LogP) is 1.02. The standard InChI is InChI=1S/C16H15N5O2/c1-21-10-9-17-15(21)14(11-5-3-2-4-6-11)18-16(23)12-7-8-13(22)20-19-12/h2-10,14H,1H3,(H,18,23)(H,20,22). The molecule has 116 valence electrons. The molecule has 0 aliphatic rings. The highest BCUT2D eigenvalue weighted by Gasteiger charge is 2.21.